The maximum Gasteiger partial charge on any atom is 0.340 e. The Morgan fingerprint density at radius 3 is 1.68 bits per heavy atom. The zero-order valence-electron chi connectivity index (χ0n) is 21.7. The molecule has 0 atom stereocenters. The minimum absolute atomic E-state index is 0.268. The third-order valence-corrected chi connectivity index (χ3v) is 14.6. The van der Waals surface area contributed by atoms with Gasteiger partial charge >= 0.3 is 11.9 Å². The van der Waals surface area contributed by atoms with Gasteiger partial charge in [0.15, 0.2) is 0 Å². The van der Waals surface area contributed by atoms with Crippen molar-refractivity contribution in [1.82, 2.24) is 0 Å². The summed E-state index contributed by atoms with van der Waals surface area (Å²) in [6.07, 6.45) is 13.9. The zero-order chi connectivity index (χ0) is 24.7. The molecule has 4 nitrogen and oxygen atoms in total. The van der Waals surface area contributed by atoms with E-state index in [1.807, 2.05) is 0 Å². The van der Waals surface area contributed by atoms with E-state index in [0.717, 1.165) is 57.8 Å². The Balaban J connectivity index is 2.22. The number of rotatable bonds is 4. The van der Waals surface area contributed by atoms with Crippen LogP contribution in [0.15, 0.2) is 32.7 Å². The second-order valence-corrected chi connectivity index (χ2v) is 15.4. The number of hydrogen-bond acceptors (Lipinski definition) is 5. The van der Waals surface area contributed by atoms with Crippen molar-refractivity contribution < 1.29 is 19.1 Å². The molecule has 34 heavy (non-hydrogen) atoms. The lowest BCUT2D eigenvalue weighted by Crippen LogP contribution is -2.51. The van der Waals surface area contributed by atoms with Gasteiger partial charge in [-0.3, -0.25) is 0 Å². The van der Waals surface area contributed by atoms with Crippen molar-refractivity contribution in [2.24, 2.45) is 10.8 Å². The van der Waals surface area contributed by atoms with E-state index in [1.165, 1.54) is 61.7 Å². The van der Waals surface area contributed by atoms with Crippen molar-refractivity contribution in [3.05, 3.63) is 32.7 Å². The Labute approximate surface area is 210 Å². The fourth-order valence-electron chi connectivity index (χ4n) is 7.34. The minimum atomic E-state index is -2.62. The molecule has 188 valence electrons. The summed E-state index contributed by atoms with van der Waals surface area (Å²) in [6, 6.07) is -2.62. The van der Waals surface area contributed by atoms with Gasteiger partial charge in [-0.1, -0.05) is 58.3 Å². The van der Waals surface area contributed by atoms with E-state index in [9.17, 15) is 9.59 Å². The van der Waals surface area contributed by atoms with Crippen LogP contribution < -0.4 is 0 Å². The van der Waals surface area contributed by atoms with Crippen LogP contribution in [0.4, 0.5) is 0 Å². The molecular weight excluding hydrogens is 463 g/mol. The van der Waals surface area contributed by atoms with E-state index in [0.29, 0.717) is 10.9 Å². The van der Waals surface area contributed by atoms with Crippen LogP contribution >= 0.6 is 6.04 Å². The van der Waals surface area contributed by atoms with Gasteiger partial charge < -0.3 is 9.47 Å². The molecule has 3 heterocycles. The highest BCUT2D eigenvalue weighted by atomic mass is 32.4. The SMILES string of the molecule is CCC(C)(C)C12C3=C(CCCCCC3)P(=S)(C3=C1CCCCCC3)C(C(=O)OC)=C2C(=O)OC. The van der Waals surface area contributed by atoms with Crippen molar-refractivity contribution in [1.29, 1.82) is 0 Å². The smallest absolute Gasteiger partial charge is 0.340 e. The van der Waals surface area contributed by atoms with Crippen molar-refractivity contribution in [3.63, 3.8) is 0 Å². The van der Waals surface area contributed by atoms with Crippen LogP contribution in [0.25, 0.3) is 0 Å². The van der Waals surface area contributed by atoms with Gasteiger partial charge in [0.2, 0.25) is 0 Å². The summed E-state index contributed by atoms with van der Waals surface area (Å²) in [5, 5.41) is 3.18. The molecule has 0 N–H and O–H groups in total. The van der Waals surface area contributed by atoms with Crippen LogP contribution in [-0.2, 0) is 30.9 Å². The standard InChI is InChI=1S/C28H41O4PS/c1-6-27(2,3)28-19-15-11-7-9-13-17-21(19)33(34,22-18-14-10-8-12-16-20(22)28)24(26(30)32-5)23(28)25(29)31-4/h6-18H2,1-5H3. The van der Waals surface area contributed by atoms with Gasteiger partial charge in [0.1, 0.15) is 0 Å². The highest BCUT2D eigenvalue weighted by Crippen LogP contribution is 2.84. The predicted molar refractivity (Wildman–Crippen MR) is 141 cm³/mol. The molecule has 3 aliphatic heterocycles. The first kappa shape index (κ1) is 25.9. The summed E-state index contributed by atoms with van der Waals surface area (Å²) in [5.41, 5.74) is 2.41. The normalized spacial score (nSPS) is 30.0. The lowest BCUT2D eigenvalue weighted by Gasteiger charge is -2.61. The number of carbonyl (C=O) groups is 2. The van der Waals surface area contributed by atoms with Crippen LogP contribution in [0.2, 0.25) is 0 Å². The molecule has 0 radical (unpaired) electrons. The van der Waals surface area contributed by atoms with Crippen molar-refractivity contribution >= 4 is 29.8 Å². The Morgan fingerprint density at radius 2 is 1.26 bits per heavy atom. The van der Waals surface area contributed by atoms with E-state index < -0.39 is 23.4 Å². The average Bonchev–Trinajstić information content (AvgIpc) is 2.78. The van der Waals surface area contributed by atoms with E-state index >= 15 is 0 Å². The third kappa shape index (κ3) is 3.47. The number of carbonyl (C=O) groups excluding carboxylic acids is 2. The molecule has 5 aliphatic rings. The summed E-state index contributed by atoms with van der Waals surface area (Å²) in [5.74, 6) is -0.805. The second kappa shape index (κ2) is 9.69. The molecule has 0 spiro atoms. The molecule has 0 saturated carbocycles. The lowest BCUT2D eigenvalue weighted by molar-refractivity contribution is -0.140. The highest BCUT2D eigenvalue weighted by molar-refractivity contribution is 8.21. The van der Waals surface area contributed by atoms with Gasteiger partial charge in [-0.05, 0) is 85.0 Å². The number of ether oxygens (including phenoxy) is 2. The molecule has 0 aromatic rings. The molecule has 0 unspecified atom stereocenters. The number of esters is 2. The number of allylic oxidation sites excluding steroid dienone is 4. The first-order chi connectivity index (χ1) is 16.2. The Bertz CT molecular complexity index is 987. The van der Waals surface area contributed by atoms with Gasteiger partial charge in [0.25, 0.3) is 0 Å². The van der Waals surface area contributed by atoms with Gasteiger partial charge in [0.05, 0.1) is 30.5 Å². The Morgan fingerprint density at radius 1 is 0.824 bits per heavy atom. The van der Waals surface area contributed by atoms with Crippen molar-refractivity contribution in [3.8, 4) is 0 Å². The Kier molecular flexibility index (Phi) is 7.38. The molecule has 2 bridgehead atoms. The summed E-state index contributed by atoms with van der Waals surface area (Å²) in [7, 11) is 2.86. The van der Waals surface area contributed by atoms with E-state index in [4.69, 9.17) is 21.3 Å². The predicted octanol–water partition coefficient (Wildman–Crippen LogP) is 7.73. The fraction of sp³-hybridized carbons (Fsp3) is 0.714. The molecule has 0 aromatic heterocycles. The summed E-state index contributed by atoms with van der Waals surface area (Å²) >= 11 is 6.74. The monoisotopic (exact) mass is 504 g/mol. The number of hydrogen-bond donors (Lipinski definition) is 0. The third-order valence-electron chi connectivity index (χ3n) is 9.14. The lowest BCUT2D eigenvalue weighted by atomic mass is 9.50. The first-order valence-electron chi connectivity index (χ1n) is 13.2. The molecule has 0 aromatic carbocycles. The maximum absolute atomic E-state index is 13.8. The first-order valence-corrected chi connectivity index (χ1v) is 16.0. The van der Waals surface area contributed by atoms with Gasteiger partial charge in [-0.2, -0.15) is 0 Å². The van der Waals surface area contributed by atoms with Gasteiger partial charge in [-0.15, -0.1) is 0 Å². The van der Waals surface area contributed by atoms with Crippen LogP contribution in [0.3, 0.4) is 0 Å². The summed E-state index contributed by atoms with van der Waals surface area (Å²) < 4.78 is 10.9. The van der Waals surface area contributed by atoms with E-state index in [1.54, 1.807) is 0 Å². The molecule has 5 rings (SSSR count). The Hall–Kier alpha value is -1.19. The van der Waals surface area contributed by atoms with Gasteiger partial charge in [-0.25, -0.2) is 9.59 Å². The molecule has 0 saturated heterocycles. The van der Waals surface area contributed by atoms with Gasteiger partial charge in [0, 0.05) is 6.04 Å². The maximum atomic E-state index is 13.8. The molecule has 6 heteroatoms. The van der Waals surface area contributed by atoms with E-state index in [2.05, 4.69) is 20.8 Å². The topological polar surface area (TPSA) is 52.6 Å². The van der Waals surface area contributed by atoms with Crippen LogP contribution in [0.1, 0.15) is 104 Å². The molecule has 2 aliphatic carbocycles. The minimum Gasteiger partial charge on any atom is -0.466 e. The van der Waals surface area contributed by atoms with Crippen LogP contribution in [-0.4, -0.2) is 26.2 Å². The fourth-order valence-corrected chi connectivity index (χ4v) is 13.1. The van der Waals surface area contributed by atoms with E-state index in [-0.39, 0.29) is 5.41 Å². The summed E-state index contributed by atoms with van der Waals surface area (Å²) in [4.78, 5) is 27.4. The van der Waals surface area contributed by atoms with Crippen LogP contribution in [0, 0.1) is 10.8 Å². The molecule has 0 fully saturated rings. The van der Waals surface area contributed by atoms with Crippen molar-refractivity contribution in [2.75, 3.05) is 14.2 Å². The second-order valence-electron chi connectivity index (χ2n) is 11.0. The molecule has 0 amide bonds. The molecular formula is C28H41O4PS. The summed E-state index contributed by atoms with van der Waals surface area (Å²) in [6.45, 7) is 6.79. The number of methoxy groups -OCH3 is 2. The highest BCUT2D eigenvalue weighted by Gasteiger charge is 2.65. The largest absolute Gasteiger partial charge is 0.466 e. The van der Waals surface area contributed by atoms with Crippen LogP contribution in [0.5, 0.6) is 0 Å². The van der Waals surface area contributed by atoms with Crippen molar-refractivity contribution in [2.45, 2.75) is 104 Å². The quantitative estimate of drug-likeness (QED) is 0.290. The average molecular weight is 505 g/mol. The zero-order valence-corrected chi connectivity index (χ0v) is 23.4.